The molecule has 0 aliphatic heterocycles. The molecule has 0 saturated heterocycles. The zero-order chi connectivity index (χ0) is 9.42. The Balaban J connectivity index is 2.72. The number of carbonyl (C=O) groups is 1. The summed E-state index contributed by atoms with van der Waals surface area (Å²) in [6, 6.07) is 7.76. The van der Waals surface area contributed by atoms with E-state index in [2.05, 4.69) is 0 Å². The molecule has 1 aromatic rings. The number of rotatable bonds is 1. The minimum absolute atomic E-state index is 0.433. The molecule has 1 aliphatic rings. The highest BCUT2D eigenvalue weighted by molar-refractivity contribution is 5.89. The molecule has 1 aromatic carbocycles. The van der Waals surface area contributed by atoms with E-state index in [1.165, 1.54) is 0 Å². The molecule has 2 heteroatoms. The van der Waals surface area contributed by atoms with Crippen molar-refractivity contribution in [3.05, 3.63) is 34.7 Å². The van der Waals surface area contributed by atoms with Crippen molar-refractivity contribution in [3.63, 3.8) is 0 Å². The largest absolute Gasteiger partial charge is 0.481 e. The van der Waals surface area contributed by atoms with Crippen LogP contribution in [-0.2, 0) is 4.79 Å². The van der Waals surface area contributed by atoms with Crippen molar-refractivity contribution in [2.75, 3.05) is 0 Å². The Kier molecular flexibility index (Phi) is 1.69. The molecule has 0 fully saturated rings. The van der Waals surface area contributed by atoms with Gasteiger partial charge in [-0.25, -0.2) is 0 Å². The van der Waals surface area contributed by atoms with Gasteiger partial charge < -0.3 is 5.11 Å². The lowest BCUT2D eigenvalue weighted by Crippen LogP contribution is -2.21. The second-order valence-corrected chi connectivity index (χ2v) is 3.25. The molecule has 66 valence electrons. The minimum atomic E-state index is -0.770. The average Bonchev–Trinajstić information content (AvgIpc) is 2.45. The lowest BCUT2D eigenvalue weighted by Gasteiger charge is -2.01. The topological polar surface area (TPSA) is 37.3 Å². The molecular formula is C11H10O2. The third-order valence-electron chi connectivity index (χ3n) is 2.46. The van der Waals surface area contributed by atoms with Crippen molar-refractivity contribution in [1.82, 2.24) is 0 Å². The van der Waals surface area contributed by atoms with Crippen molar-refractivity contribution in [3.8, 4) is 0 Å². The fourth-order valence-electron chi connectivity index (χ4n) is 1.73. The number of hydrogen-bond acceptors (Lipinski definition) is 1. The first-order valence-corrected chi connectivity index (χ1v) is 4.20. The van der Waals surface area contributed by atoms with Gasteiger partial charge in [0.25, 0.3) is 0 Å². The van der Waals surface area contributed by atoms with Gasteiger partial charge in [0.15, 0.2) is 0 Å². The molecule has 2 nitrogen and oxygen atoms in total. The van der Waals surface area contributed by atoms with Gasteiger partial charge in [0.05, 0.1) is 5.92 Å². The van der Waals surface area contributed by atoms with Crippen LogP contribution in [0.4, 0.5) is 0 Å². The first-order chi connectivity index (χ1) is 6.20. The molecule has 0 unspecified atom stereocenters. The zero-order valence-electron chi connectivity index (χ0n) is 7.32. The zero-order valence-corrected chi connectivity index (χ0v) is 7.32. The third-order valence-corrected chi connectivity index (χ3v) is 2.46. The summed E-state index contributed by atoms with van der Waals surface area (Å²) in [7, 11) is 0. The highest BCUT2D eigenvalue weighted by atomic mass is 16.4. The molecule has 0 aromatic heterocycles. The van der Waals surface area contributed by atoms with E-state index in [1.807, 2.05) is 31.2 Å². The molecular weight excluding hydrogens is 164 g/mol. The van der Waals surface area contributed by atoms with Gasteiger partial charge in [-0.2, -0.15) is 0 Å². The number of carboxylic acid groups (broad SMARTS) is 1. The quantitative estimate of drug-likeness (QED) is 0.667. The van der Waals surface area contributed by atoms with Gasteiger partial charge in [-0.3, -0.25) is 4.79 Å². The number of aliphatic carboxylic acids is 1. The second-order valence-electron chi connectivity index (χ2n) is 3.25. The second kappa shape index (κ2) is 2.73. The molecule has 1 aliphatic carbocycles. The van der Waals surface area contributed by atoms with Crippen molar-refractivity contribution >= 4 is 17.6 Å². The van der Waals surface area contributed by atoms with E-state index in [9.17, 15) is 4.79 Å². The Hall–Kier alpha value is -1.57. The molecule has 2 rings (SSSR count). The van der Waals surface area contributed by atoms with Crippen molar-refractivity contribution in [2.45, 2.75) is 6.92 Å². The fourth-order valence-corrected chi connectivity index (χ4v) is 1.73. The summed E-state index contributed by atoms with van der Waals surface area (Å²) >= 11 is 0. The predicted molar refractivity (Wildman–Crippen MR) is 50.4 cm³/mol. The van der Waals surface area contributed by atoms with Crippen molar-refractivity contribution < 1.29 is 9.90 Å². The molecule has 1 N–H and O–H groups in total. The van der Waals surface area contributed by atoms with Gasteiger partial charge >= 0.3 is 5.97 Å². The summed E-state index contributed by atoms with van der Waals surface area (Å²) in [6.07, 6.45) is 1.80. The Bertz CT molecular complexity index is 471. The summed E-state index contributed by atoms with van der Waals surface area (Å²) in [5.41, 5.74) is 0.933. The molecule has 0 radical (unpaired) electrons. The molecule has 1 atom stereocenters. The lowest BCUT2D eigenvalue weighted by molar-refractivity contribution is -0.137. The molecule has 0 bridgehead atoms. The first kappa shape index (κ1) is 8.05. The van der Waals surface area contributed by atoms with Crippen LogP contribution >= 0.6 is 0 Å². The van der Waals surface area contributed by atoms with Gasteiger partial charge in [0.2, 0.25) is 0 Å². The summed E-state index contributed by atoms with van der Waals surface area (Å²) in [4.78, 5) is 10.8. The molecule has 0 saturated carbocycles. The van der Waals surface area contributed by atoms with E-state index in [4.69, 9.17) is 5.11 Å². The summed E-state index contributed by atoms with van der Waals surface area (Å²) < 4.78 is 0. The van der Waals surface area contributed by atoms with Crippen LogP contribution in [0.2, 0.25) is 0 Å². The van der Waals surface area contributed by atoms with Gasteiger partial charge in [-0.05, 0) is 22.9 Å². The summed E-state index contributed by atoms with van der Waals surface area (Å²) in [6.45, 7) is 1.88. The normalized spacial score (nSPS) is 19.5. The van der Waals surface area contributed by atoms with Gasteiger partial charge in [0, 0.05) is 0 Å². The van der Waals surface area contributed by atoms with Gasteiger partial charge in [0.1, 0.15) is 0 Å². The van der Waals surface area contributed by atoms with Crippen LogP contribution in [0.5, 0.6) is 0 Å². The van der Waals surface area contributed by atoms with E-state index in [0.717, 1.165) is 16.0 Å². The fraction of sp³-hybridized carbons (Fsp3) is 0.182. The smallest absolute Gasteiger partial charge is 0.314 e. The Morgan fingerprint density at radius 2 is 2.08 bits per heavy atom. The highest BCUT2D eigenvalue weighted by Crippen LogP contribution is 2.14. The average molecular weight is 174 g/mol. The van der Waals surface area contributed by atoms with E-state index in [0.29, 0.717) is 0 Å². The Morgan fingerprint density at radius 1 is 1.38 bits per heavy atom. The maximum Gasteiger partial charge on any atom is 0.314 e. The predicted octanol–water partition coefficient (Wildman–Crippen LogP) is 0.352. The Morgan fingerprint density at radius 3 is 2.69 bits per heavy atom. The lowest BCUT2D eigenvalue weighted by atomic mass is 10.0. The van der Waals surface area contributed by atoms with Gasteiger partial charge in [-0.1, -0.05) is 30.3 Å². The number of fused-ring (bicyclic) bond motifs is 1. The maximum absolute atomic E-state index is 10.8. The van der Waals surface area contributed by atoms with Crippen LogP contribution in [0.1, 0.15) is 6.92 Å². The van der Waals surface area contributed by atoms with Crippen LogP contribution in [0.15, 0.2) is 24.3 Å². The number of benzene rings is 1. The highest BCUT2D eigenvalue weighted by Gasteiger charge is 2.20. The first-order valence-electron chi connectivity index (χ1n) is 4.20. The SMILES string of the molecule is CC1=c2ccccc2=C[C@H]1C(=O)O. The van der Waals surface area contributed by atoms with E-state index in [-0.39, 0.29) is 0 Å². The molecule has 0 heterocycles. The van der Waals surface area contributed by atoms with Crippen LogP contribution in [0, 0.1) is 5.92 Å². The third kappa shape index (κ3) is 1.15. The minimum Gasteiger partial charge on any atom is -0.481 e. The van der Waals surface area contributed by atoms with Crippen LogP contribution < -0.4 is 10.4 Å². The summed E-state index contributed by atoms with van der Waals surface area (Å²) in [5, 5.41) is 11.0. The maximum atomic E-state index is 10.8. The Labute approximate surface area is 75.8 Å². The van der Waals surface area contributed by atoms with Crippen molar-refractivity contribution in [1.29, 1.82) is 0 Å². The van der Waals surface area contributed by atoms with Crippen LogP contribution in [0.3, 0.4) is 0 Å². The molecule has 0 spiro atoms. The standard InChI is InChI=1S/C11H10O2/c1-7-9-5-3-2-4-8(9)6-10(7)11(12)13/h2-6,10H,1H3,(H,12,13)/t10-/m1/s1. The molecule has 0 amide bonds. The number of hydrogen-bond donors (Lipinski definition) is 1. The van der Waals surface area contributed by atoms with Crippen LogP contribution in [0.25, 0.3) is 11.6 Å². The number of carboxylic acids is 1. The summed E-state index contributed by atoms with van der Waals surface area (Å²) in [5.74, 6) is -1.20. The van der Waals surface area contributed by atoms with Gasteiger partial charge in [-0.15, -0.1) is 0 Å². The van der Waals surface area contributed by atoms with E-state index in [1.54, 1.807) is 6.08 Å². The molecule has 13 heavy (non-hydrogen) atoms. The van der Waals surface area contributed by atoms with Crippen molar-refractivity contribution in [2.24, 2.45) is 5.92 Å². The monoisotopic (exact) mass is 174 g/mol. The van der Waals surface area contributed by atoms with Crippen LogP contribution in [-0.4, -0.2) is 11.1 Å². The van der Waals surface area contributed by atoms with E-state index >= 15 is 0 Å². The van der Waals surface area contributed by atoms with E-state index < -0.39 is 11.9 Å².